The SMILES string of the molecule is CC1(C2CCN(c3nnnn3CC3C=CCC3)CC2)OCCO1. The summed E-state index contributed by atoms with van der Waals surface area (Å²) >= 11 is 0. The predicted octanol–water partition coefficient (Wildman–Crippen LogP) is 1.62. The van der Waals surface area contributed by atoms with Crippen molar-refractivity contribution in [2.75, 3.05) is 31.2 Å². The monoisotopic (exact) mass is 319 g/mol. The first-order chi connectivity index (χ1) is 11.2. The Bertz CT molecular complexity index is 559. The fraction of sp³-hybridized carbons (Fsp3) is 0.812. The van der Waals surface area contributed by atoms with Gasteiger partial charge in [-0.25, -0.2) is 4.68 Å². The first kappa shape index (κ1) is 15.1. The zero-order valence-electron chi connectivity index (χ0n) is 13.7. The maximum Gasteiger partial charge on any atom is 0.245 e. The number of hydrogen-bond donors (Lipinski definition) is 0. The molecule has 7 heteroatoms. The number of aromatic nitrogens is 4. The molecule has 3 heterocycles. The number of allylic oxidation sites excluding steroid dienone is 2. The number of rotatable bonds is 4. The molecule has 1 aliphatic carbocycles. The van der Waals surface area contributed by atoms with Gasteiger partial charge in [-0.3, -0.25) is 0 Å². The van der Waals surface area contributed by atoms with Crippen LogP contribution in [0.25, 0.3) is 0 Å². The molecule has 0 bridgehead atoms. The third-order valence-corrected chi connectivity index (χ3v) is 5.41. The van der Waals surface area contributed by atoms with E-state index in [-0.39, 0.29) is 0 Å². The molecule has 3 aliphatic rings. The van der Waals surface area contributed by atoms with Gasteiger partial charge in [0, 0.05) is 19.0 Å². The van der Waals surface area contributed by atoms with Crippen LogP contribution in [-0.2, 0) is 16.0 Å². The Kier molecular flexibility index (Phi) is 4.07. The molecule has 0 aromatic carbocycles. The van der Waals surface area contributed by atoms with Gasteiger partial charge in [0.1, 0.15) is 0 Å². The van der Waals surface area contributed by atoms with Gasteiger partial charge < -0.3 is 14.4 Å². The van der Waals surface area contributed by atoms with E-state index in [9.17, 15) is 0 Å². The molecule has 0 radical (unpaired) electrons. The number of nitrogens with zero attached hydrogens (tertiary/aromatic N) is 5. The van der Waals surface area contributed by atoms with Crippen molar-refractivity contribution in [1.29, 1.82) is 0 Å². The molecule has 1 aromatic heterocycles. The first-order valence-corrected chi connectivity index (χ1v) is 8.70. The molecule has 1 atom stereocenters. The molecule has 7 nitrogen and oxygen atoms in total. The topological polar surface area (TPSA) is 65.3 Å². The quantitative estimate of drug-likeness (QED) is 0.786. The average molecular weight is 319 g/mol. The van der Waals surface area contributed by atoms with Crippen LogP contribution in [0.2, 0.25) is 0 Å². The molecule has 0 saturated carbocycles. The van der Waals surface area contributed by atoms with Gasteiger partial charge in [-0.05, 0) is 49.0 Å². The van der Waals surface area contributed by atoms with Crippen LogP contribution >= 0.6 is 0 Å². The molecule has 0 amide bonds. The molecule has 1 unspecified atom stereocenters. The second-order valence-corrected chi connectivity index (χ2v) is 6.90. The van der Waals surface area contributed by atoms with Gasteiger partial charge >= 0.3 is 0 Å². The standard InChI is InChI=1S/C16H25N5O2/c1-16(22-10-11-23-16)14-6-8-20(9-7-14)15-17-18-19-21(15)12-13-4-2-3-5-13/h2,4,13-14H,3,5-12H2,1H3. The lowest BCUT2D eigenvalue weighted by molar-refractivity contribution is -0.185. The fourth-order valence-electron chi connectivity index (χ4n) is 3.98. The normalized spacial score (nSPS) is 27.9. The molecule has 0 N–H and O–H groups in total. The van der Waals surface area contributed by atoms with E-state index in [0.29, 0.717) is 25.0 Å². The van der Waals surface area contributed by atoms with Gasteiger partial charge in [0.2, 0.25) is 5.95 Å². The minimum Gasteiger partial charge on any atom is -0.348 e. The molecule has 2 aliphatic heterocycles. The number of hydrogen-bond acceptors (Lipinski definition) is 6. The highest BCUT2D eigenvalue weighted by Gasteiger charge is 2.41. The number of ether oxygens (including phenoxy) is 2. The van der Waals surface area contributed by atoms with Crippen LogP contribution in [-0.4, -0.2) is 52.3 Å². The van der Waals surface area contributed by atoms with Crippen LogP contribution in [0.4, 0.5) is 5.95 Å². The van der Waals surface area contributed by atoms with E-state index in [1.165, 1.54) is 12.8 Å². The van der Waals surface area contributed by atoms with E-state index < -0.39 is 5.79 Å². The minimum absolute atomic E-state index is 0.396. The Morgan fingerprint density at radius 3 is 2.70 bits per heavy atom. The molecule has 126 valence electrons. The zero-order valence-corrected chi connectivity index (χ0v) is 13.7. The molecule has 2 fully saturated rings. The molecule has 0 spiro atoms. The van der Waals surface area contributed by atoms with Crippen molar-refractivity contribution in [3.8, 4) is 0 Å². The van der Waals surface area contributed by atoms with Crippen molar-refractivity contribution >= 4 is 5.95 Å². The van der Waals surface area contributed by atoms with Gasteiger partial charge in [0.25, 0.3) is 0 Å². The lowest BCUT2D eigenvalue weighted by atomic mass is 9.89. The van der Waals surface area contributed by atoms with Crippen LogP contribution < -0.4 is 4.90 Å². The molecular weight excluding hydrogens is 294 g/mol. The van der Waals surface area contributed by atoms with Crippen LogP contribution in [0.1, 0.15) is 32.6 Å². The van der Waals surface area contributed by atoms with E-state index in [1.54, 1.807) is 0 Å². The summed E-state index contributed by atoms with van der Waals surface area (Å²) in [6.45, 7) is 6.29. The van der Waals surface area contributed by atoms with Crippen molar-refractivity contribution in [3.05, 3.63) is 12.2 Å². The molecule has 2 saturated heterocycles. The van der Waals surface area contributed by atoms with Crippen molar-refractivity contribution in [1.82, 2.24) is 20.2 Å². The molecule has 4 rings (SSSR count). The summed E-state index contributed by atoms with van der Waals surface area (Å²) < 4.78 is 13.6. The Hall–Kier alpha value is -1.47. The molecule has 23 heavy (non-hydrogen) atoms. The van der Waals surface area contributed by atoms with Crippen molar-refractivity contribution in [2.45, 2.75) is 44.9 Å². The van der Waals surface area contributed by atoms with Crippen LogP contribution in [0.5, 0.6) is 0 Å². The second-order valence-electron chi connectivity index (χ2n) is 6.90. The highest BCUT2D eigenvalue weighted by Crippen LogP contribution is 2.35. The van der Waals surface area contributed by atoms with Gasteiger partial charge in [-0.15, -0.1) is 0 Å². The van der Waals surface area contributed by atoms with E-state index in [4.69, 9.17) is 9.47 Å². The maximum absolute atomic E-state index is 5.82. The summed E-state index contributed by atoms with van der Waals surface area (Å²) in [5.74, 6) is 1.52. The Labute approximate surface area is 136 Å². The summed E-state index contributed by atoms with van der Waals surface area (Å²) in [6.07, 6.45) is 9.01. The van der Waals surface area contributed by atoms with Crippen LogP contribution in [0, 0.1) is 11.8 Å². The minimum atomic E-state index is -0.396. The highest BCUT2D eigenvalue weighted by molar-refractivity contribution is 5.29. The van der Waals surface area contributed by atoms with Gasteiger partial charge in [-0.2, -0.15) is 0 Å². The highest BCUT2D eigenvalue weighted by atomic mass is 16.7. The molecule has 1 aromatic rings. The second kappa shape index (κ2) is 6.20. The Morgan fingerprint density at radius 2 is 2.00 bits per heavy atom. The van der Waals surface area contributed by atoms with Crippen LogP contribution in [0.15, 0.2) is 12.2 Å². The van der Waals surface area contributed by atoms with Crippen molar-refractivity contribution < 1.29 is 9.47 Å². The average Bonchev–Trinajstić information content (AvgIpc) is 3.31. The van der Waals surface area contributed by atoms with E-state index >= 15 is 0 Å². The van der Waals surface area contributed by atoms with Crippen molar-refractivity contribution in [2.24, 2.45) is 11.8 Å². The first-order valence-electron chi connectivity index (χ1n) is 8.70. The lowest BCUT2D eigenvalue weighted by Crippen LogP contribution is -2.45. The number of tetrazole rings is 1. The summed E-state index contributed by atoms with van der Waals surface area (Å²) in [5, 5.41) is 12.4. The number of anilines is 1. The van der Waals surface area contributed by atoms with Crippen LogP contribution in [0.3, 0.4) is 0 Å². The van der Waals surface area contributed by atoms with Crippen molar-refractivity contribution in [3.63, 3.8) is 0 Å². The Balaban J connectivity index is 1.39. The fourth-order valence-corrected chi connectivity index (χ4v) is 3.98. The summed E-state index contributed by atoms with van der Waals surface area (Å²) in [4.78, 5) is 2.30. The summed E-state index contributed by atoms with van der Waals surface area (Å²) in [7, 11) is 0. The Morgan fingerprint density at radius 1 is 1.22 bits per heavy atom. The summed E-state index contributed by atoms with van der Waals surface area (Å²) in [6, 6.07) is 0. The van der Waals surface area contributed by atoms with Gasteiger partial charge in [0.15, 0.2) is 5.79 Å². The molecular formula is C16H25N5O2. The van der Waals surface area contributed by atoms with E-state index in [0.717, 1.165) is 38.4 Å². The maximum atomic E-state index is 5.82. The van der Waals surface area contributed by atoms with E-state index in [1.807, 2.05) is 4.68 Å². The van der Waals surface area contributed by atoms with Gasteiger partial charge in [-0.1, -0.05) is 17.3 Å². The van der Waals surface area contributed by atoms with Gasteiger partial charge in [0.05, 0.1) is 19.8 Å². The third-order valence-electron chi connectivity index (χ3n) is 5.41. The lowest BCUT2D eigenvalue weighted by Gasteiger charge is -2.39. The largest absolute Gasteiger partial charge is 0.348 e. The summed E-state index contributed by atoms with van der Waals surface area (Å²) in [5.41, 5.74) is 0. The zero-order chi connectivity index (χ0) is 15.7. The smallest absolute Gasteiger partial charge is 0.245 e. The van der Waals surface area contributed by atoms with E-state index in [2.05, 4.69) is 39.5 Å². The third kappa shape index (κ3) is 2.99. The number of piperidine rings is 1. The predicted molar refractivity (Wildman–Crippen MR) is 84.9 cm³/mol.